The van der Waals surface area contributed by atoms with Crippen LogP contribution in [0, 0.1) is 5.82 Å². The predicted octanol–water partition coefficient (Wildman–Crippen LogP) is 3.19. The van der Waals surface area contributed by atoms with E-state index in [2.05, 4.69) is 4.98 Å². The molecule has 0 unspecified atom stereocenters. The van der Waals surface area contributed by atoms with Crippen LogP contribution >= 0.6 is 0 Å². The Labute approximate surface area is 93.4 Å². The third kappa shape index (κ3) is 1.31. The Morgan fingerprint density at radius 3 is 2.88 bits per heavy atom. The Kier molecular flexibility index (Phi) is 2.13. The van der Waals surface area contributed by atoms with Crippen molar-refractivity contribution in [2.45, 2.75) is 25.7 Å². The van der Waals surface area contributed by atoms with Gasteiger partial charge in [0.15, 0.2) is 5.82 Å². The van der Waals surface area contributed by atoms with Gasteiger partial charge in [0.1, 0.15) is 5.75 Å². The lowest BCUT2D eigenvalue weighted by Crippen LogP contribution is -1.99. The summed E-state index contributed by atoms with van der Waals surface area (Å²) in [6.45, 7) is 0. The molecule has 2 nitrogen and oxygen atoms in total. The van der Waals surface area contributed by atoms with Crippen molar-refractivity contribution in [1.29, 1.82) is 0 Å². The number of hydrogen-bond acceptors (Lipinski definition) is 1. The summed E-state index contributed by atoms with van der Waals surface area (Å²) in [6, 6.07) is 3.36. The minimum absolute atomic E-state index is 0.219. The van der Waals surface area contributed by atoms with Gasteiger partial charge < -0.3 is 9.72 Å². The Morgan fingerprint density at radius 2 is 2.06 bits per heavy atom. The van der Waals surface area contributed by atoms with Gasteiger partial charge in [-0.3, -0.25) is 0 Å². The van der Waals surface area contributed by atoms with E-state index in [0.29, 0.717) is 11.3 Å². The number of methoxy groups -OCH3 is 1. The highest BCUT2D eigenvalue weighted by molar-refractivity contribution is 5.86. The van der Waals surface area contributed by atoms with E-state index < -0.39 is 0 Å². The number of rotatable bonds is 1. The van der Waals surface area contributed by atoms with Gasteiger partial charge in [-0.25, -0.2) is 4.39 Å². The molecule has 1 aromatic carbocycles. The van der Waals surface area contributed by atoms with Gasteiger partial charge in [0.05, 0.1) is 12.6 Å². The normalized spacial score (nSPS) is 15.1. The van der Waals surface area contributed by atoms with E-state index in [9.17, 15) is 4.39 Å². The maximum absolute atomic E-state index is 13.8. The number of aromatic nitrogens is 1. The third-order valence-corrected chi connectivity index (χ3v) is 3.37. The third-order valence-electron chi connectivity index (χ3n) is 3.37. The van der Waals surface area contributed by atoms with Gasteiger partial charge in [0.2, 0.25) is 0 Å². The molecule has 0 amide bonds. The summed E-state index contributed by atoms with van der Waals surface area (Å²) in [6.07, 6.45) is 4.46. The van der Waals surface area contributed by atoms with Crippen molar-refractivity contribution in [3.8, 4) is 5.75 Å². The number of ether oxygens (including phenoxy) is 1. The van der Waals surface area contributed by atoms with Crippen LogP contribution in [0.1, 0.15) is 24.1 Å². The van der Waals surface area contributed by atoms with Crippen LogP contribution in [0.4, 0.5) is 4.39 Å². The highest BCUT2D eigenvalue weighted by atomic mass is 19.1. The number of aryl methyl sites for hydroxylation is 2. The summed E-state index contributed by atoms with van der Waals surface area (Å²) in [7, 11) is 1.57. The minimum Gasteiger partial charge on any atom is -0.497 e. The molecule has 3 rings (SSSR count). The SMILES string of the molecule is COc1cc(F)c2[nH]c3c(c2c1)CCCC3. The quantitative estimate of drug-likeness (QED) is 0.782. The van der Waals surface area contributed by atoms with Crippen molar-refractivity contribution < 1.29 is 9.13 Å². The Morgan fingerprint density at radius 1 is 1.25 bits per heavy atom. The molecule has 0 aliphatic heterocycles. The minimum atomic E-state index is -0.219. The molecule has 0 bridgehead atoms. The summed E-state index contributed by atoms with van der Waals surface area (Å²) in [5.41, 5.74) is 3.11. The van der Waals surface area contributed by atoms with Crippen molar-refractivity contribution in [2.75, 3.05) is 7.11 Å². The number of hydrogen-bond donors (Lipinski definition) is 1. The molecule has 1 aliphatic carbocycles. The summed E-state index contributed by atoms with van der Waals surface area (Å²) in [5.74, 6) is 0.376. The number of benzene rings is 1. The second-order valence-electron chi connectivity index (χ2n) is 4.32. The second-order valence-corrected chi connectivity index (χ2v) is 4.32. The standard InChI is InChI=1S/C13H14FNO/c1-16-8-6-10-9-4-2-3-5-12(9)15-13(10)11(14)7-8/h6-7,15H,2-5H2,1H3. The van der Waals surface area contributed by atoms with E-state index in [1.54, 1.807) is 7.11 Å². The molecule has 16 heavy (non-hydrogen) atoms. The summed E-state index contributed by atoms with van der Waals surface area (Å²) in [5, 5.41) is 0.992. The number of halogens is 1. The largest absolute Gasteiger partial charge is 0.497 e. The highest BCUT2D eigenvalue weighted by Crippen LogP contribution is 2.32. The van der Waals surface area contributed by atoms with Crippen molar-refractivity contribution in [3.05, 3.63) is 29.2 Å². The first kappa shape index (κ1) is 9.70. The molecule has 0 spiro atoms. The van der Waals surface area contributed by atoms with E-state index in [-0.39, 0.29) is 5.82 Å². The van der Waals surface area contributed by atoms with Gasteiger partial charge in [-0.05, 0) is 37.3 Å². The molecule has 1 aromatic heterocycles. The maximum atomic E-state index is 13.8. The predicted molar refractivity (Wildman–Crippen MR) is 61.5 cm³/mol. The Balaban J connectivity index is 2.30. The number of aromatic amines is 1. The van der Waals surface area contributed by atoms with Crippen LogP contribution in [0.15, 0.2) is 12.1 Å². The fourth-order valence-corrected chi connectivity index (χ4v) is 2.56. The average molecular weight is 219 g/mol. The lowest BCUT2D eigenvalue weighted by Gasteiger charge is -2.10. The van der Waals surface area contributed by atoms with Crippen molar-refractivity contribution in [2.24, 2.45) is 0 Å². The van der Waals surface area contributed by atoms with E-state index in [1.807, 2.05) is 6.07 Å². The molecule has 3 heteroatoms. The molecule has 0 saturated heterocycles. The molecule has 0 radical (unpaired) electrons. The molecular weight excluding hydrogens is 205 g/mol. The fourth-order valence-electron chi connectivity index (χ4n) is 2.56. The summed E-state index contributed by atoms with van der Waals surface area (Å²) >= 11 is 0. The van der Waals surface area contributed by atoms with Gasteiger partial charge in [-0.15, -0.1) is 0 Å². The number of H-pyrrole nitrogens is 1. The Hall–Kier alpha value is -1.51. The molecule has 1 aliphatic rings. The molecule has 0 saturated carbocycles. The van der Waals surface area contributed by atoms with Gasteiger partial charge in [0, 0.05) is 17.1 Å². The zero-order chi connectivity index (χ0) is 11.1. The molecule has 84 valence electrons. The number of fused-ring (bicyclic) bond motifs is 3. The van der Waals surface area contributed by atoms with Crippen LogP contribution in [0.3, 0.4) is 0 Å². The monoisotopic (exact) mass is 219 g/mol. The molecule has 1 heterocycles. The fraction of sp³-hybridized carbons (Fsp3) is 0.385. The second kappa shape index (κ2) is 3.51. The zero-order valence-electron chi connectivity index (χ0n) is 9.27. The van der Waals surface area contributed by atoms with Gasteiger partial charge >= 0.3 is 0 Å². The first-order valence-corrected chi connectivity index (χ1v) is 5.66. The Bertz CT molecular complexity index is 544. The van der Waals surface area contributed by atoms with Crippen LogP contribution < -0.4 is 4.74 Å². The van der Waals surface area contributed by atoms with E-state index in [0.717, 1.165) is 18.2 Å². The zero-order valence-corrected chi connectivity index (χ0v) is 9.27. The van der Waals surface area contributed by atoms with E-state index in [4.69, 9.17) is 4.74 Å². The molecule has 0 atom stereocenters. The lowest BCUT2D eigenvalue weighted by atomic mass is 9.95. The van der Waals surface area contributed by atoms with Crippen molar-refractivity contribution >= 4 is 10.9 Å². The van der Waals surface area contributed by atoms with E-state index in [1.165, 1.54) is 30.2 Å². The van der Waals surface area contributed by atoms with Gasteiger partial charge in [-0.2, -0.15) is 0 Å². The number of nitrogens with one attached hydrogen (secondary N) is 1. The smallest absolute Gasteiger partial charge is 0.150 e. The van der Waals surface area contributed by atoms with Gasteiger partial charge in [-0.1, -0.05) is 0 Å². The van der Waals surface area contributed by atoms with Crippen LogP contribution in [-0.2, 0) is 12.8 Å². The van der Waals surface area contributed by atoms with Crippen LogP contribution in [0.2, 0.25) is 0 Å². The highest BCUT2D eigenvalue weighted by Gasteiger charge is 2.18. The first-order chi connectivity index (χ1) is 7.79. The first-order valence-electron chi connectivity index (χ1n) is 5.66. The van der Waals surface area contributed by atoms with Crippen LogP contribution in [-0.4, -0.2) is 12.1 Å². The van der Waals surface area contributed by atoms with E-state index >= 15 is 0 Å². The van der Waals surface area contributed by atoms with Gasteiger partial charge in [0.25, 0.3) is 0 Å². The molecule has 2 aromatic rings. The summed E-state index contributed by atoms with van der Waals surface area (Å²) in [4.78, 5) is 3.21. The topological polar surface area (TPSA) is 25.0 Å². The maximum Gasteiger partial charge on any atom is 0.150 e. The van der Waals surface area contributed by atoms with Crippen LogP contribution in [0.25, 0.3) is 10.9 Å². The molecular formula is C13H14FNO. The van der Waals surface area contributed by atoms with Crippen molar-refractivity contribution in [3.63, 3.8) is 0 Å². The average Bonchev–Trinajstić information content (AvgIpc) is 2.68. The summed E-state index contributed by atoms with van der Waals surface area (Å²) < 4.78 is 18.9. The van der Waals surface area contributed by atoms with Crippen molar-refractivity contribution in [1.82, 2.24) is 4.98 Å². The molecule has 1 N–H and O–H groups in total. The lowest BCUT2D eigenvalue weighted by molar-refractivity contribution is 0.412. The molecule has 0 fully saturated rings. The van der Waals surface area contributed by atoms with Crippen LogP contribution in [0.5, 0.6) is 5.75 Å².